The highest BCUT2D eigenvalue weighted by molar-refractivity contribution is 6.29. The number of carbonyl (C=O) groups is 1. The van der Waals surface area contributed by atoms with Gasteiger partial charge in [-0.25, -0.2) is 9.97 Å². The van der Waals surface area contributed by atoms with Crippen molar-refractivity contribution in [2.45, 2.75) is 0 Å². The molecule has 0 N–H and O–H groups in total. The lowest BCUT2D eigenvalue weighted by atomic mass is 10.3. The summed E-state index contributed by atoms with van der Waals surface area (Å²) in [5.74, 6) is -0.143. The van der Waals surface area contributed by atoms with Crippen LogP contribution >= 0.6 is 11.6 Å². The van der Waals surface area contributed by atoms with E-state index in [4.69, 9.17) is 16.9 Å². The lowest BCUT2D eigenvalue weighted by Crippen LogP contribution is -2.48. The third-order valence-corrected chi connectivity index (χ3v) is 2.99. The Morgan fingerprint density at radius 1 is 1.33 bits per heavy atom. The molecule has 0 unspecified atom stereocenters. The van der Waals surface area contributed by atoms with Gasteiger partial charge in [-0.1, -0.05) is 11.6 Å². The highest BCUT2D eigenvalue weighted by Gasteiger charge is 2.22. The summed E-state index contributed by atoms with van der Waals surface area (Å²) in [5.41, 5.74) is 0.299. The van der Waals surface area contributed by atoms with Crippen molar-refractivity contribution in [2.75, 3.05) is 32.7 Å². The van der Waals surface area contributed by atoms with E-state index in [9.17, 15) is 4.79 Å². The Morgan fingerprint density at radius 2 is 2.06 bits per heavy atom. The minimum absolute atomic E-state index is 0.143. The molecular weight excluding hydrogens is 254 g/mol. The average Bonchev–Trinajstić information content (AvgIpc) is 2.40. The number of aromatic nitrogens is 2. The highest BCUT2D eigenvalue weighted by Crippen LogP contribution is 2.07. The number of nitrogens with zero attached hydrogens (tertiary/aromatic N) is 5. The van der Waals surface area contributed by atoms with Gasteiger partial charge in [0.1, 0.15) is 10.8 Å². The second kappa shape index (κ2) is 5.76. The van der Waals surface area contributed by atoms with E-state index < -0.39 is 0 Å². The molecule has 1 aliphatic rings. The molecule has 0 saturated carbocycles. The van der Waals surface area contributed by atoms with E-state index in [2.05, 4.69) is 16.0 Å². The van der Waals surface area contributed by atoms with Gasteiger partial charge in [0, 0.05) is 26.2 Å². The number of hydrogen-bond donors (Lipinski definition) is 0. The fourth-order valence-electron chi connectivity index (χ4n) is 1.79. The summed E-state index contributed by atoms with van der Waals surface area (Å²) in [4.78, 5) is 23.6. The molecule has 0 atom stereocenters. The summed E-state index contributed by atoms with van der Waals surface area (Å²) >= 11 is 5.62. The van der Waals surface area contributed by atoms with E-state index in [1.54, 1.807) is 4.90 Å². The number of carbonyl (C=O) groups excluding carboxylic acids is 1. The smallest absolute Gasteiger partial charge is 0.274 e. The van der Waals surface area contributed by atoms with Crippen LogP contribution in [0.3, 0.4) is 0 Å². The van der Waals surface area contributed by atoms with E-state index in [0.717, 1.165) is 0 Å². The monoisotopic (exact) mass is 265 g/mol. The standard InChI is InChI=1S/C11H12ClN5O/c12-10-8-14-9(7-15-10)11(18)17-5-3-16(2-1-13)4-6-17/h7-8H,2-6H2. The third-order valence-electron chi connectivity index (χ3n) is 2.79. The van der Waals surface area contributed by atoms with Crippen LogP contribution < -0.4 is 0 Å². The van der Waals surface area contributed by atoms with Crippen LogP contribution in [0.1, 0.15) is 10.5 Å². The van der Waals surface area contributed by atoms with Gasteiger partial charge in [-0.2, -0.15) is 5.26 Å². The molecule has 0 aliphatic carbocycles. The van der Waals surface area contributed by atoms with Crippen LogP contribution in [0.5, 0.6) is 0 Å². The van der Waals surface area contributed by atoms with Crippen LogP contribution in [0.4, 0.5) is 0 Å². The number of halogens is 1. The fraction of sp³-hybridized carbons (Fsp3) is 0.455. The van der Waals surface area contributed by atoms with Crippen molar-refractivity contribution >= 4 is 17.5 Å². The van der Waals surface area contributed by atoms with Gasteiger partial charge in [0.2, 0.25) is 0 Å². The molecule has 94 valence electrons. The van der Waals surface area contributed by atoms with Crippen LogP contribution in [0.2, 0.25) is 5.15 Å². The van der Waals surface area contributed by atoms with Crippen LogP contribution in [-0.4, -0.2) is 58.4 Å². The molecule has 1 saturated heterocycles. The van der Waals surface area contributed by atoms with Crippen molar-refractivity contribution in [3.63, 3.8) is 0 Å². The quantitative estimate of drug-likeness (QED) is 0.724. The van der Waals surface area contributed by atoms with Gasteiger partial charge >= 0.3 is 0 Å². The van der Waals surface area contributed by atoms with Crippen LogP contribution in [-0.2, 0) is 0 Å². The number of piperazine rings is 1. The van der Waals surface area contributed by atoms with Crippen molar-refractivity contribution in [2.24, 2.45) is 0 Å². The zero-order chi connectivity index (χ0) is 13.0. The lowest BCUT2D eigenvalue weighted by Gasteiger charge is -2.33. The molecule has 1 amide bonds. The Bertz CT molecular complexity index is 461. The van der Waals surface area contributed by atoms with Gasteiger partial charge in [0.25, 0.3) is 5.91 Å². The predicted molar refractivity (Wildman–Crippen MR) is 65.0 cm³/mol. The molecule has 0 spiro atoms. The predicted octanol–water partition coefficient (Wildman–Crippen LogP) is 0.411. The number of rotatable bonds is 2. The van der Waals surface area contributed by atoms with E-state index in [0.29, 0.717) is 38.4 Å². The molecule has 1 aromatic heterocycles. The minimum Gasteiger partial charge on any atom is -0.335 e. The molecule has 18 heavy (non-hydrogen) atoms. The first kappa shape index (κ1) is 12.7. The number of amides is 1. The molecule has 2 heterocycles. The van der Waals surface area contributed by atoms with Gasteiger partial charge < -0.3 is 4.90 Å². The Labute approximate surface area is 110 Å². The second-order valence-corrected chi connectivity index (χ2v) is 4.34. The maximum Gasteiger partial charge on any atom is 0.274 e. The first-order chi connectivity index (χ1) is 8.70. The molecule has 2 rings (SSSR count). The summed E-state index contributed by atoms with van der Waals surface area (Å²) < 4.78 is 0. The molecule has 6 nitrogen and oxygen atoms in total. The minimum atomic E-state index is -0.143. The normalized spacial score (nSPS) is 16.3. The lowest BCUT2D eigenvalue weighted by molar-refractivity contribution is 0.0645. The zero-order valence-electron chi connectivity index (χ0n) is 9.71. The SMILES string of the molecule is N#CCN1CCN(C(=O)c2cnc(Cl)cn2)CC1. The first-order valence-electron chi connectivity index (χ1n) is 5.57. The molecule has 1 fully saturated rings. The molecule has 0 radical (unpaired) electrons. The van der Waals surface area contributed by atoms with Crippen molar-refractivity contribution < 1.29 is 4.79 Å². The van der Waals surface area contributed by atoms with E-state index in [1.807, 2.05) is 4.90 Å². The molecule has 1 aliphatic heterocycles. The third kappa shape index (κ3) is 2.94. The van der Waals surface area contributed by atoms with E-state index in [-0.39, 0.29) is 11.1 Å². The van der Waals surface area contributed by atoms with Gasteiger partial charge in [0.05, 0.1) is 25.0 Å². The summed E-state index contributed by atoms with van der Waals surface area (Å²) in [5, 5.41) is 8.86. The van der Waals surface area contributed by atoms with E-state index >= 15 is 0 Å². The summed E-state index contributed by atoms with van der Waals surface area (Å²) in [6.45, 7) is 3.03. The van der Waals surface area contributed by atoms with Crippen molar-refractivity contribution in [1.82, 2.24) is 19.8 Å². The van der Waals surface area contributed by atoms with Crippen LogP contribution in [0.25, 0.3) is 0 Å². The summed E-state index contributed by atoms with van der Waals surface area (Å²) in [7, 11) is 0. The Balaban J connectivity index is 1.95. The Morgan fingerprint density at radius 3 is 2.61 bits per heavy atom. The average molecular weight is 266 g/mol. The van der Waals surface area contributed by atoms with E-state index in [1.165, 1.54) is 12.4 Å². The van der Waals surface area contributed by atoms with Gasteiger partial charge in [-0.3, -0.25) is 9.69 Å². The molecule has 0 aromatic carbocycles. The van der Waals surface area contributed by atoms with Gasteiger partial charge in [-0.15, -0.1) is 0 Å². The molecule has 7 heteroatoms. The number of nitriles is 1. The fourth-order valence-corrected chi connectivity index (χ4v) is 1.89. The molecule has 0 bridgehead atoms. The zero-order valence-corrected chi connectivity index (χ0v) is 10.5. The number of hydrogen-bond acceptors (Lipinski definition) is 5. The Hall–Kier alpha value is -1.71. The maximum absolute atomic E-state index is 12.1. The van der Waals surface area contributed by atoms with Crippen molar-refractivity contribution in [1.29, 1.82) is 5.26 Å². The highest BCUT2D eigenvalue weighted by atomic mass is 35.5. The van der Waals surface area contributed by atoms with Crippen LogP contribution in [0, 0.1) is 11.3 Å². The van der Waals surface area contributed by atoms with Crippen LogP contribution in [0.15, 0.2) is 12.4 Å². The topological polar surface area (TPSA) is 73.1 Å². The van der Waals surface area contributed by atoms with Gasteiger partial charge in [-0.05, 0) is 0 Å². The maximum atomic E-state index is 12.1. The summed E-state index contributed by atoms with van der Waals surface area (Å²) in [6, 6.07) is 2.10. The van der Waals surface area contributed by atoms with Gasteiger partial charge in [0.15, 0.2) is 0 Å². The second-order valence-electron chi connectivity index (χ2n) is 3.95. The Kier molecular flexibility index (Phi) is 4.07. The molecular formula is C11H12ClN5O. The summed E-state index contributed by atoms with van der Waals surface area (Å²) in [6.07, 6.45) is 2.74. The molecule has 1 aromatic rings. The van der Waals surface area contributed by atoms with Crippen molar-refractivity contribution in [3.8, 4) is 6.07 Å². The van der Waals surface area contributed by atoms with Crippen molar-refractivity contribution in [3.05, 3.63) is 23.2 Å². The largest absolute Gasteiger partial charge is 0.335 e. The first-order valence-corrected chi connectivity index (χ1v) is 5.94.